The van der Waals surface area contributed by atoms with Gasteiger partial charge in [0.1, 0.15) is 10.5 Å². The second kappa shape index (κ2) is 8.37. The number of benzene rings is 1. The first kappa shape index (κ1) is 22.0. The minimum absolute atomic E-state index is 0.0606. The van der Waals surface area contributed by atoms with Crippen molar-refractivity contribution in [1.29, 1.82) is 5.26 Å². The van der Waals surface area contributed by atoms with E-state index in [-0.39, 0.29) is 39.0 Å². The SMILES string of the molecule is CS(=O)c1nc2c(F)c(Br)c(Cl)cc2c2c1ccn2[C@H]1CCN(C(=O)O)[C@H](CC#N)C1. The molecule has 1 saturated heterocycles. The second-order valence-electron chi connectivity index (χ2n) is 7.41. The predicted molar refractivity (Wildman–Crippen MR) is 119 cm³/mol. The van der Waals surface area contributed by atoms with Crippen molar-refractivity contribution in [2.75, 3.05) is 12.8 Å². The summed E-state index contributed by atoms with van der Waals surface area (Å²) in [5.74, 6) is -0.632. The number of carbonyl (C=O) groups is 1. The Labute approximate surface area is 193 Å². The lowest BCUT2D eigenvalue weighted by atomic mass is 9.95. The topological polar surface area (TPSA) is 99.2 Å². The van der Waals surface area contributed by atoms with E-state index in [2.05, 4.69) is 27.0 Å². The molecule has 0 radical (unpaired) electrons. The van der Waals surface area contributed by atoms with Gasteiger partial charge in [0.05, 0.1) is 38.3 Å². The van der Waals surface area contributed by atoms with Crippen molar-refractivity contribution in [2.24, 2.45) is 0 Å². The third-order valence-electron chi connectivity index (χ3n) is 5.68. The molecule has 31 heavy (non-hydrogen) atoms. The zero-order valence-electron chi connectivity index (χ0n) is 16.3. The monoisotopic (exact) mass is 526 g/mol. The number of halogens is 3. The Balaban J connectivity index is 1.94. The summed E-state index contributed by atoms with van der Waals surface area (Å²) < 4.78 is 29.4. The van der Waals surface area contributed by atoms with E-state index in [0.29, 0.717) is 29.1 Å². The first-order valence-electron chi connectivity index (χ1n) is 9.42. The maximum atomic E-state index is 15.0. The summed E-state index contributed by atoms with van der Waals surface area (Å²) >= 11 is 9.36. The number of hydrogen-bond donors (Lipinski definition) is 1. The third-order valence-corrected chi connectivity index (χ3v) is 7.83. The number of fused-ring (bicyclic) bond motifs is 3. The number of pyridine rings is 1. The molecule has 0 spiro atoms. The van der Waals surface area contributed by atoms with Crippen LogP contribution >= 0.6 is 27.5 Å². The van der Waals surface area contributed by atoms with Crippen LogP contribution in [0.25, 0.3) is 21.8 Å². The number of likely N-dealkylation sites (tertiary alicyclic amines) is 1. The number of nitriles is 1. The van der Waals surface area contributed by atoms with Gasteiger partial charge in [-0.3, -0.25) is 4.21 Å². The number of aromatic nitrogens is 2. The quantitative estimate of drug-likeness (QED) is 0.479. The summed E-state index contributed by atoms with van der Waals surface area (Å²) in [6.45, 7) is 0.280. The minimum Gasteiger partial charge on any atom is -0.465 e. The predicted octanol–water partition coefficient (Wildman–Crippen LogP) is 5.08. The Morgan fingerprint density at radius 2 is 2.26 bits per heavy atom. The Hall–Kier alpha value is -2.22. The van der Waals surface area contributed by atoms with E-state index in [4.69, 9.17) is 16.9 Å². The molecule has 162 valence electrons. The lowest BCUT2D eigenvalue weighted by Gasteiger charge is -2.37. The number of carboxylic acid groups (broad SMARTS) is 1. The van der Waals surface area contributed by atoms with E-state index < -0.39 is 28.8 Å². The zero-order chi connectivity index (χ0) is 22.4. The molecular weight excluding hydrogens is 511 g/mol. The Kier molecular flexibility index (Phi) is 5.94. The number of piperidine rings is 1. The largest absolute Gasteiger partial charge is 0.465 e. The van der Waals surface area contributed by atoms with Gasteiger partial charge >= 0.3 is 6.09 Å². The van der Waals surface area contributed by atoms with Gasteiger partial charge in [-0.1, -0.05) is 11.6 Å². The molecule has 7 nitrogen and oxygen atoms in total. The first-order chi connectivity index (χ1) is 14.7. The van der Waals surface area contributed by atoms with Crippen LogP contribution in [0.3, 0.4) is 0 Å². The number of hydrogen-bond acceptors (Lipinski definition) is 4. The van der Waals surface area contributed by atoms with Crippen molar-refractivity contribution in [2.45, 2.75) is 36.4 Å². The van der Waals surface area contributed by atoms with Crippen molar-refractivity contribution >= 4 is 66.2 Å². The average Bonchev–Trinajstić information content (AvgIpc) is 3.17. The molecule has 3 atom stereocenters. The molecular formula is C20H17BrClFN4O3S. The molecule has 0 bridgehead atoms. The average molecular weight is 528 g/mol. The van der Waals surface area contributed by atoms with Crippen molar-refractivity contribution in [3.63, 3.8) is 0 Å². The molecule has 1 amide bonds. The van der Waals surface area contributed by atoms with Crippen LogP contribution in [-0.2, 0) is 10.8 Å². The van der Waals surface area contributed by atoms with Crippen molar-refractivity contribution in [3.05, 3.63) is 33.6 Å². The van der Waals surface area contributed by atoms with Crippen LogP contribution in [0.1, 0.15) is 25.3 Å². The summed E-state index contributed by atoms with van der Waals surface area (Å²) in [6.07, 6.45) is 3.31. The summed E-state index contributed by atoms with van der Waals surface area (Å²) in [5, 5.41) is 20.2. The molecule has 11 heteroatoms. The van der Waals surface area contributed by atoms with Crippen LogP contribution < -0.4 is 0 Å². The molecule has 4 rings (SSSR count). The van der Waals surface area contributed by atoms with Crippen LogP contribution in [0, 0.1) is 17.1 Å². The number of amides is 1. The van der Waals surface area contributed by atoms with Crippen molar-refractivity contribution in [3.8, 4) is 6.07 Å². The zero-order valence-corrected chi connectivity index (χ0v) is 19.5. The molecule has 1 unspecified atom stereocenters. The lowest BCUT2D eigenvalue weighted by Crippen LogP contribution is -2.45. The van der Waals surface area contributed by atoms with Gasteiger partial charge in [0, 0.05) is 41.9 Å². The van der Waals surface area contributed by atoms with Crippen LogP contribution in [0.15, 0.2) is 27.8 Å². The molecule has 2 aromatic heterocycles. The number of rotatable bonds is 3. The fourth-order valence-corrected chi connectivity index (χ4v) is 5.49. The van der Waals surface area contributed by atoms with Crippen molar-refractivity contribution < 1.29 is 18.5 Å². The van der Waals surface area contributed by atoms with E-state index in [1.807, 2.05) is 10.8 Å². The summed E-state index contributed by atoms with van der Waals surface area (Å²) in [6, 6.07) is 4.90. The Bertz CT molecular complexity index is 1290. The Morgan fingerprint density at radius 3 is 2.90 bits per heavy atom. The van der Waals surface area contributed by atoms with E-state index in [1.165, 1.54) is 11.2 Å². The molecule has 0 aliphatic carbocycles. The smallest absolute Gasteiger partial charge is 0.407 e. The maximum Gasteiger partial charge on any atom is 0.407 e. The van der Waals surface area contributed by atoms with Crippen molar-refractivity contribution in [1.82, 2.24) is 14.5 Å². The fourth-order valence-electron chi connectivity index (χ4n) is 4.30. The van der Waals surface area contributed by atoms with E-state index in [9.17, 15) is 14.1 Å². The van der Waals surface area contributed by atoms with Gasteiger partial charge < -0.3 is 14.6 Å². The van der Waals surface area contributed by atoms with Crippen LogP contribution in [0.2, 0.25) is 5.02 Å². The highest BCUT2D eigenvalue weighted by Crippen LogP contribution is 2.39. The van der Waals surface area contributed by atoms with Gasteiger partial charge in [0.2, 0.25) is 0 Å². The van der Waals surface area contributed by atoms with Gasteiger partial charge in [-0.15, -0.1) is 0 Å². The van der Waals surface area contributed by atoms with E-state index >= 15 is 4.39 Å². The summed E-state index contributed by atoms with van der Waals surface area (Å²) in [5.41, 5.74) is 0.707. The molecule has 3 aromatic rings. The highest BCUT2D eigenvalue weighted by molar-refractivity contribution is 9.10. The van der Waals surface area contributed by atoms with Crippen LogP contribution in [0.5, 0.6) is 0 Å². The van der Waals surface area contributed by atoms with E-state index in [0.717, 1.165) is 0 Å². The fraction of sp³-hybridized carbons (Fsp3) is 0.350. The standard InChI is InChI=1S/C20H17BrClFN4O3S/c1-31(30)19-12-4-7-26(11-3-6-27(20(28)29)10(8-11)2-5-24)18(12)13-9-14(22)15(21)16(23)17(13)25-19/h4,7,9-11H,2-3,6,8H2,1H3,(H,28,29)/t10-,11+,31?/m1/s1. The molecule has 1 aliphatic rings. The van der Waals surface area contributed by atoms with Gasteiger partial charge in [-0.05, 0) is 40.9 Å². The van der Waals surface area contributed by atoms with Gasteiger partial charge in [0.15, 0.2) is 5.82 Å². The third kappa shape index (κ3) is 3.69. The molecule has 0 saturated carbocycles. The molecule has 1 fully saturated rings. The highest BCUT2D eigenvalue weighted by Gasteiger charge is 2.33. The van der Waals surface area contributed by atoms with Gasteiger partial charge in [0.25, 0.3) is 0 Å². The van der Waals surface area contributed by atoms with Gasteiger partial charge in [-0.25, -0.2) is 14.2 Å². The van der Waals surface area contributed by atoms with Crippen LogP contribution in [0.4, 0.5) is 9.18 Å². The molecule has 1 N–H and O–H groups in total. The molecule has 1 aliphatic heterocycles. The normalized spacial score (nSPS) is 20.2. The first-order valence-corrected chi connectivity index (χ1v) is 12.1. The van der Waals surface area contributed by atoms with Crippen LogP contribution in [-0.4, -0.2) is 48.7 Å². The maximum absolute atomic E-state index is 15.0. The number of nitrogens with zero attached hydrogens (tertiary/aromatic N) is 4. The summed E-state index contributed by atoms with van der Waals surface area (Å²) in [7, 11) is -1.46. The highest BCUT2D eigenvalue weighted by atomic mass is 79.9. The summed E-state index contributed by atoms with van der Waals surface area (Å²) in [4.78, 5) is 17.2. The molecule has 3 heterocycles. The minimum atomic E-state index is -1.46. The van der Waals surface area contributed by atoms with E-state index in [1.54, 1.807) is 12.1 Å². The molecule has 1 aromatic carbocycles. The second-order valence-corrected chi connectivity index (χ2v) is 9.90. The van der Waals surface area contributed by atoms with Gasteiger partial charge in [-0.2, -0.15) is 5.26 Å². The Morgan fingerprint density at radius 1 is 1.52 bits per heavy atom. The lowest BCUT2D eigenvalue weighted by molar-refractivity contribution is 0.0936.